The van der Waals surface area contributed by atoms with Gasteiger partial charge < -0.3 is 19.4 Å². The van der Waals surface area contributed by atoms with Gasteiger partial charge in [0.05, 0.1) is 6.26 Å². The van der Waals surface area contributed by atoms with Gasteiger partial charge in [0.2, 0.25) is 0 Å². The number of benzene rings is 1. The molecular formula is C17H14F2N2O4. The van der Waals surface area contributed by atoms with Gasteiger partial charge in [0.25, 0.3) is 5.91 Å². The van der Waals surface area contributed by atoms with Crippen LogP contribution in [0.5, 0.6) is 0 Å². The Bertz CT molecular complexity index is 861. The third-order valence-corrected chi connectivity index (χ3v) is 3.52. The van der Waals surface area contributed by atoms with Crippen LogP contribution in [-0.2, 0) is 0 Å². The van der Waals surface area contributed by atoms with E-state index in [1.54, 1.807) is 12.1 Å². The first-order valence-electron chi connectivity index (χ1n) is 7.46. The fourth-order valence-corrected chi connectivity index (χ4v) is 2.20. The third kappa shape index (κ3) is 3.92. The van der Waals surface area contributed by atoms with Crippen LogP contribution in [0.3, 0.4) is 0 Å². The first-order valence-corrected chi connectivity index (χ1v) is 7.46. The van der Waals surface area contributed by atoms with Crippen LogP contribution in [0.1, 0.15) is 28.8 Å². The van der Waals surface area contributed by atoms with E-state index in [2.05, 4.69) is 10.5 Å². The molecule has 3 aromatic rings. The van der Waals surface area contributed by atoms with Gasteiger partial charge in [-0.15, -0.1) is 0 Å². The molecule has 0 aliphatic carbocycles. The van der Waals surface area contributed by atoms with E-state index in [9.17, 15) is 18.7 Å². The van der Waals surface area contributed by atoms with E-state index in [4.69, 9.17) is 8.94 Å². The van der Waals surface area contributed by atoms with Gasteiger partial charge in [-0.3, -0.25) is 4.79 Å². The Hall–Kier alpha value is -3.00. The van der Waals surface area contributed by atoms with Gasteiger partial charge >= 0.3 is 0 Å². The SMILES string of the molecule is O=C(NCCC(O)c1ccco1)c1cc(-c2ccc(F)c(F)c2)on1. The summed E-state index contributed by atoms with van der Waals surface area (Å²) in [6.07, 6.45) is 0.879. The van der Waals surface area contributed by atoms with Gasteiger partial charge in [-0.1, -0.05) is 5.16 Å². The molecule has 1 aromatic carbocycles. The van der Waals surface area contributed by atoms with Crippen molar-refractivity contribution in [3.8, 4) is 11.3 Å². The summed E-state index contributed by atoms with van der Waals surface area (Å²) < 4.78 is 36.2. The van der Waals surface area contributed by atoms with Gasteiger partial charge in [-0.05, 0) is 36.8 Å². The highest BCUT2D eigenvalue weighted by Gasteiger charge is 2.16. The first kappa shape index (κ1) is 16.8. The maximum Gasteiger partial charge on any atom is 0.273 e. The fourth-order valence-electron chi connectivity index (χ4n) is 2.20. The van der Waals surface area contributed by atoms with Crippen molar-refractivity contribution in [3.05, 3.63) is 65.7 Å². The van der Waals surface area contributed by atoms with Crippen molar-refractivity contribution < 1.29 is 27.6 Å². The number of aromatic nitrogens is 1. The zero-order chi connectivity index (χ0) is 17.8. The molecule has 0 saturated carbocycles. The maximum absolute atomic E-state index is 13.2. The summed E-state index contributed by atoms with van der Waals surface area (Å²) in [5.74, 6) is -1.96. The summed E-state index contributed by atoms with van der Waals surface area (Å²) in [6, 6.07) is 7.86. The van der Waals surface area contributed by atoms with Crippen molar-refractivity contribution in [2.24, 2.45) is 0 Å². The molecular weight excluding hydrogens is 334 g/mol. The highest BCUT2D eigenvalue weighted by atomic mass is 19.2. The zero-order valence-corrected chi connectivity index (χ0v) is 12.9. The Balaban J connectivity index is 1.58. The number of nitrogens with one attached hydrogen (secondary N) is 1. The van der Waals surface area contributed by atoms with Crippen molar-refractivity contribution in [1.29, 1.82) is 0 Å². The van der Waals surface area contributed by atoms with Crippen molar-refractivity contribution >= 4 is 5.91 Å². The number of carbonyl (C=O) groups is 1. The number of carbonyl (C=O) groups excluding carboxylic acids is 1. The third-order valence-electron chi connectivity index (χ3n) is 3.52. The molecule has 8 heteroatoms. The molecule has 130 valence electrons. The van der Waals surface area contributed by atoms with Crippen LogP contribution in [0.15, 0.2) is 51.6 Å². The predicted octanol–water partition coefficient (Wildman–Crippen LogP) is 3.07. The smallest absolute Gasteiger partial charge is 0.273 e. The molecule has 25 heavy (non-hydrogen) atoms. The molecule has 0 radical (unpaired) electrons. The zero-order valence-electron chi connectivity index (χ0n) is 12.9. The van der Waals surface area contributed by atoms with Crippen LogP contribution >= 0.6 is 0 Å². The Morgan fingerprint density at radius 2 is 2.08 bits per heavy atom. The standard InChI is InChI=1S/C17H14F2N2O4/c18-11-4-3-10(8-12(11)19)16-9-13(21-25-16)17(23)20-6-5-14(22)15-2-1-7-24-15/h1-4,7-9,14,22H,5-6H2,(H,20,23). The van der Waals surface area contributed by atoms with Crippen LogP contribution in [0, 0.1) is 11.6 Å². The quantitative estimate of drug-likeness (QED) is 0.715. The minimum atomic E-state index is -1.02. The molecule has 0 spiro atoms. The van der Waals surface area contributed by atoms with Crippen molar-refractivity contribution in [2.75, 3.05) is 6.54 Å². The summed E-state index contributed by atoms with van der Waals surface area (Å²) in [6.45, 7) is 0.189. The number of hydrogen-bond acceptors (Lipinski definition) is 5. The molecule has 0 aliphatic rings. The van der Waals surface area contributed by atoms with E-state index < -0.39 is 23.6 Å². The molecule has 0 fully saturated rings. The molecule has 0 saturated heterocycles. The van der Waals surface area contributed by atoms with Crippen LogP contribution in [0.4, 0.5) is 8.78 Å². The van der Waals surface area contributed by atoms with E-state index >= 15 is 0 Å². The number of amides is 1. The fraction of sp³-hybridized carbons (Fsp3) is 0.176. The second-order valence-electron chi connectivity index (χ2n) is 5.28. The number of aliphatic hydroxyl groups is 1. The minimum absolute atomic E-state index is 0.00720. The number of aliphatic hydroxyl groups excluding tert-OH is 1. The monoisotopic (exact) mass is 348 g/mol. The first-order chi connectivity index (χ1) is 12.0. The number of furan rings is 1. The second-order valence-corrected chi connectivity index (χ2v) is 5.28. The van der Waals surface area contributed by atoms with Gasteiger partial charge in [0, 0.05) is 18.2 Å². The average molecular weight is 348 g/mol. The van der Waals surface area contributed by atoms with Crippen molar-refractivity contribution in [2.45, 2.75) is 12.5 Å². The van der Waals surface area contributed by atoms with E-state index in [-0.39, 0.29) is 30.0 Å². The Morgan fingerprint density at radius 3 is 2.80 bits per heavy atom. The molecule has 1 amide bonds. The molecule has 1 atom stereocenters. The molecule has 0 bridgehead atoms. The molecule has 3 rings (SSSR count). The van der Waals surface area contributed by atoms with Crippen LogP contribution in [0.25, 0.3) is 11.3 Å². The summed E-state index contributed by atoms with van der Waals surface area (Å²) in [5, 5.41) is 16.0. The highest BCUT2D eigenvalue weighted by Crippen LogP contribution is 2.22. The van der Waals surface area contributed by atoms with Crippen LogP contribution in [0.2, 0.25) is 0 Å². The van der Waals surface area contributed by atoms with Crippen LogP contribution < -0.4 is 5.32 Å². The highest BCUT2D eigenvalue weighted by molar-refractivity contribution is 5.93. The topological polar surface area (TPSA) is 88.5 Å². The Kier molecular flexibility index (Phi) is 4.90. The van der Waals surface area contributed by atoms with Crippen LogP contribution in [-0.4, -0.2) is 22.7 Å². The number of hydrogen-bond donors (Lipinski definition) is 2. The summed E-state index contributed by atoms with van der Waals surface area (Å²) in [5.41, 5.74) is 0.255. The molecule has 0 aliphatic heterocycles. The lowest BCUT2D eigenvalue weighted by molar-refractivity contribution is 0.0927. The largest absolute Gasteiger partial charge is 0.467 e. The van der Waals surface area contributed by atoms with Gasteiger partial charge in [0.1, 0.15) is 11.9 Å². The molecule has 2 heterocycles. The predicted molar refractivity (Wildman–Crippen MR) is 82.5 cm³/mol. The Morgan fingerprint density at radius 1 is 1.24 bits per heavy atom. The number of halogens is 2. The van der Waals surface area contributed by atoms with E-state index in [0.29, 0.717) is 5.76 Å². The lowest BCUT2D eigenvalue weighted by Crippen LogP contribution is -2.25. The maximum atomic E-state index is 13.2. The normalized spacial score (nSPS) is 12.1. The summed E-state index contributed by atoms with van der Waals surface area (Å²) in [7, 11) is 0. The lowest BCUT2D eigenvalue weighted by Gasteiger charge is -2.07. The van der Waals surface area contributed by atoms with E-state index in [1.807, 2.05) is 0 Å². The Labute approximate surface area is 141 Å². The number of nitrogens with zero attached hydrogens (tertiary/aromatic N) is 1. The minimum Gasteiger partial charge on any atom is -0.467 e. The van der Waals surface area contributed by atoms with Gasteiger partial charge in [0.15, 0.2) is 23.1 Å². The molecule has 1 unspecified atom stereocenters. The lowest BCUT2D eigenvalue weighted by atomic mass is 10.1. The second kappa shape index (κ2) is 7.27. The van der Waals surface area contributed by atoms with E-state index in [1.165, 1.54) is 18.4 Å². The average Bonchev–Trinajstić information content (AvgIpc) is 3.29. The summed E-state index contributed by atoms with van der Waals surface area (Å²) >= 11 is 0. The molecule has 2 aromatic heterocycles. The van der Waals surface area contributed by atoms with Gasteiger partial charge in [-0.2, -0.15) is 0 Å². The van der Waals surface area contributed by atoms with E-state index in [0.717, 1.165) is 12.1 Å². The summed E-state index contributed by atoms with van der Waals surface area (Å²) in [4.78, 5) is 12.0. The molecule has 6 nitrogen and oxygen atoms in total. The van der Waals surface area contributed by atoms with Crippen molar-refractivity contribution in [1.82, 2.24) is 10.5 Å². The van der Waals surface area contributed by atoms with Gasteiger partial charge in [-0.25, -0.2) is 8.78 Å². The molecule has 2 N–H and O–H groups in total. The van der Waals surface area contributed by atoms with Crippen molar-refractivity contribution in [3.63, 3.8) is 0 Å². The number of rotatable bonds is 6.